The van der Waals surface area contributed by atoms with Crippen molar-refractivity contribution in [2.45, 2.75) is 67.7 Å². The average molecular weight is 380 g/mol. The maximum atomic E-state index is 4.83. The molecule has 1 atom stereocenters. The molecule has 1 heteroatoms. The minimum absolute atomic E-state index is 0.0469. The second-order valence-corrected chi connectivity index (χ2v) is 7.93. The van der Waals surface area contributed by atoms with Gasteiger partial charge in [-0.05, 0) is 57.1 Å². The van der Waals surface area contributed by atoms with E-state index in [4.69, 9.17) is 4.99 Å². The van der Waals surface area contributed by atoms with E-state index in [1.165, 1.54) is 16.7 Å². The molecule has 0 heterocycles. The van der Waals surface area contributed by atoms with Gasteiger partial charge in [-0.25, -0.2) is 0 Å². The van der Waals surface area contributed by atoms with E-state index >= 15 is 0 Å². The number of unbranched alkanes of at least 4 members (excludes halogenated alkanes) is 1. The number of rotatable bonds is 12. The molecule has 0 aromatic heterocycles. The van der Waals surface area contributed by atoms with Crippen molar-refractivity contribution in [1.29, 1.82) is 0 Å². The minimum Gasteiger partial charge on any atom is -0.265 e. The first-order chi connectivity index (χ1) is 13.3. The van der Waals surface area contributed by atoms with E-state index in [-0.39, 0.29) is 11.3 Å². The van der Waals surface area contributed by atoms with E-state index in [1.807, 2.05) is 18.4 Å². The molecule has 0 radical (unpaired) electrons. The highest BCUT2D eigenvalue weighted by Crippen LogP contribution is 2.40. The highest BCUT2D eigenvalue weighted by Gasteiger charge is 2.29. The molecule has 0 saturated heterocycles. The lowest BCUT2D eigenvalue weighted by Gasteiger charge is -2.32. The summed E-state index contributed by atoms with van der Waals surface area (Å²) in [6, 6.07) is 0. The zero-order valence-corrected chi connectivity index (χ0v) is 19.3. The maximum Gasteiger partial charge on any atom is 0.0432 e. The van der Waals surface area contributed by atoms with Crippen LogP contribution in [0.5, 0.6) is 0 Å². The molecule has 0 N–H and O–H groups in total. The highest BCUT2D eigenvalue weighted by atomic mass is 14.7. The van der Waals surface area contributed by atoms with Crippen molar-refractivity contribution in [3.8, 4) is 0 Å². The van der Waals surface area contributed by atoms with Crippen LogP contribution in [0.15, 0.2) is 89.2 Å². The molecule has 0 aliphatic rings. The minimum atomic E-state index is -0.0469. The Morgan fingerprint density at radius 2 is 1.75 bits per heavy atom. The van der Waals surface area contributed by atoms with Crippen LogP contribution >= 0.6 is 0 Å². The van der Waals surface area contributed by atoms with Crippen molar-refractivity contribution in [2.75, 3.05) is 0 Å². The van der Waals surface area contributed by atoms with Gasteiger partial charge in [0.1, 0.15) is 0 Å². The number of allylic oxidation sites excluding steroid dienone is 11. The number of hydrogen-bond donors (Lipinski definition) is 0. The quantitative estimate of drug-likeness (QED) is 0.238. The van der Waals surface area contributed by atoms with Gasteiger partial charge in [-0.15, -0.1) is 0 Å². The van der Waals surface area contributed by atoms with E-state index in [9.17, 15) is 0 Å². The SMILES string of the molecule is C=C/C=C(\C=C/C)C(CC(C)(C)/C(C=C)=C/C=C(C)C)/C(=C/C)N=CCCC. The van der Waals surface area contributed by atoms with E-state index in [0.29, 0.717) is 0 Å². The van der Waals surface area contributed by atoms with Gasteiger partial charge in [-0.3, -0.25) is 4.99 Å². The van der Waals surface area contributed by atoms with Crippen molar-refractivity contribution in [3.05, 3.63) is 84.2 Å². The molecule has 0 aromatic carbocycles. The van der Waals surface area contributed by atoms with E-state index in [2.05, 4.69) is 98.1 Å². The molecule has 0 amide bonds. The number of aliphatic imine (C=N–C) groups is 1. The summed E-state index contributed by atoms with van der Waals surface area (Å²) < 4.78 is 0. The van der Waals surface area contributed by atoms with Crippen LogP contribution in [0.3, 0.4) is 0 Å². The second kappa shape index (κ2) is 13.9. The molecule has 0 fully saturated rings. The Balaban J connectivity index is 6.21. The molecule has 1 unspecified atom stereocenters. The lowest BCUT2D eigenvalue weighted by atomic mass is 9.73. The third-order valence-corrected chi connectivity index (χ3v) is 4.69. The third kappa shape index (κ3) is 9.17. The van der Waals surface area contributed by atoms with Crippen molar-refractivity contribution < 1.29 is 0 Å². The van der Waals surface area contributed by atoms with Crippen molar-refractivity contribution in [2.24, 2.45) is 16.3 Å². The summed E-state index contributed by atoms with van der Waals surface area (Å²) in [5.41, 5.74) is 4.82. The fourth-order valence-corrected chi connectivity index (χ4v) is 3.13. The molecule has 0 bridgehead atoms. The van der Waals surface area contributed by atoms with Gasteiger partial charge in [0.25, 0.3) is 0 Å². The molecule has 28 heavy (non-hydrogen) atoms. The Morgan fingerprint density at radius 3 is 2.21 bits per heavy atom. The Morgan fingerprint density at radius 1 is 1.07 bits per heavy atom. The Hall–Kier alpha value is -2.15. The molecular weight excluding hydrogens is 338 g/mol. The number of hydrogen-bond acceptors (Lipinski definition) is 1. The summed E-state index contributed by atoms with van der Waals surface area (Å²) >= 11 is 0. The lowest BCUT2D eigenvalue weighted by molar-refractivity contribution is 0.372. The predicted octanol–water partition coefficient (Wildman–Crippen LogP) is 8.56. The molecule has 0 rings (SSSR count). The molecule has 0 aromatic rings. The van der Waals surface area contributed by atoms with Crippen LogP contribution in [0.2, 0.25) is 0 Å². The summed E-state index contributed by atoms with van der Waals surface area (Å²) in [6.07, 6.45) is 21.8. The first-order valence-corrected chi connectivity index (χ1v) is 10.4. The first kappa shape index (κ1) is 25.9. The topological polar surface area (TPSA) is 12.4 Å². The molecule has 0 saturated carbocycles. The van der Waals surface area contributed by atoms with E-state index in [1.54, 1.807) is 0 Å². The lowest BCUT2D eigenvalue weighted by Crippen LogP contribution is -2.21. The number of nitrogens with zero attached hydrogens (tertiary/aromatic N) is 1. The van der Waals surface area contributed by atoms with Gasteiger partial charge in [0.15, 0.2) is 0 Å². The average Bonchev–Trinajstić information content (AvgIpc) is 2.63. The van der Waals surface area contributed by atoms with Gasteiger partial charge in [0.05, 0.1) is 0 Å². The van der Waals surface area contributed by atoms with Crippen molar-refractivity contribution in [1.82, 2.24) is 0 Å². The van der Waals surface area contributed by atoms with Gasteiger partial charge in [-0.1, -0.05) is 94.5 Å². The van der Waals surface area contributed by atoms with Crippen molar-refractivity contribution >= 4 is 6.21 Å². The summed E-state index contributed by atoms with van der Waals surface area (Å²) in [4.78, 5) is 4.83. The zero-order chi connectivity index (χ0) is 21.6. The zero-order valence-electron chi connectivity index (χ0n) is 19.3. The molecule has 0 spiro atoms. The van der Waals surface area contributed by atoms with Crippen LogP contribution < -0.4 is 0 Å². The monoisotopic (exact) mass is 379 g/mol. The van der Waals surface area contributed by atoms with Crippen LogP contribution in [0.25, 0.3) is 0 Å². The van der Waals surface area contributed by atoms with Gasteiger partial charge < -0.3 is 0 Å². The van der Waals surface area contributed by atoms with E-state index in [0.717, 1.165) is 25.0 Å². The van der Waals surface area contributed by atoms with Gasteiger partial charge >= 0.3 is 0 Å². The summed E-state index contributed by atoms with van der Waals surface area (Å²) in [5, 5.41) is 0. The van der Waals surface area contributed by atoms with Gasteiger partial charge in [0, 0.05) is 17.8 Å². The fraction of sp³-hybridized carbons (Fsp3) is 0.444. The summed E-state index contributed by atoms with van der Waals surface area (Å²) in [6.45, 7) is 23.1. The fourth-order valence-electron chi connectivity index (χ4n) is 3.13. The smallest absolute Gasteiger partial charge is 0.0432 e. The third-order valence-electron chi connectivity index (χ3n) is 4.69. The van der Waals surface area contributed by atoms with Crippen LogP contribution in [-0.4, -0.2) is 6.21 Å². The van der Waals surface area contributed by atoms with Crippen LogP contribution in [0.1, 0.15) is 67.7 Å². The Bertz CT molecular complexity index is 671. The van der Waals surface area contributed by atoms with Crippen LogP contribution in [-0.2, 0) is 0 Å². The second-order valence-electron chi connectivity index (χ2n) is 7.93. The molecule has 0 aliphatic heterocycles. The molecular formula is C27H41N. The largest absolute Gasteiger partial charge is 0.265 e. The summed E-state index contributed by atoms with van der Waals surface area (Å²) in [7, 11) is 0. The van der Waals surface area contributed by atoms with Crippen LogP contribution in [0.4, 0.5) is 0 Å². The van der Waals surface area contributed by atoms with E-state index < -0.39 is 0 Å². The maximum absolute atomic E-state index is 4.83. The summed E-state index contributed by atoms with van der Waals surface area (Å²) in [5.74, 6) is 0.192. The van der Waals surface area contributed by atoms with Gasteiger partial charge in [0.2, 0.25) is 0 Å². The molecule has 154 valence electrons. The molecule has 1 nitrogen and oxygen atoms in total. The predicted molar refractivity (Wildman–Crippen MR) is 130 cm³/mol. The highest BCUT2D eigenvalue weighted by molar-refractivity contribution is 5.59. The Kier molecular flexibility index (Phi) is 12.9. The first-order valence-electron chi connectivity index (χ1n) is 10.4. The van der Waals surface area contributed by atoms with Gasteiger partial charge in [-0.2, -0.15) is 0 Å². The Labute approximate surface area is 174 Å². The normalized spacial score (nSPS) is 15.2. The standard InChI is InChI=1S/C27H41N/c1-10-15-20-28-26(14-5)25(23(16-11-2)17-12-3)21-27(8,9)24(13-4)19-18-22(6)7/h11-14,16-20,25H,2,4,10,15,21H2,1,3,5-9H3/b17-12-,23-16+,24-19+,26-14-,28-20?. The van der Waals surface area contributed by atoms with Crippen LogP contribution in [0, 0.1) is 11.3 Å². The van der Waals surface area contributed by atoms with Crippen molar-refractivity contribution in [3.63, 3.8) is 0 Å². The molecule has 0 aliphatic carbocycles.